The van der Waals surface area contributed by atoms with Crippen LogP contribution in [0.3, 0.4) is 0 Å². The Morgan fingerprint density at radius 3 is 2.31 bits per heavy atom. The van der Waals surface area contributed by atoms with Gasteiger partial charge in [-0.15, -0.1) is 22.7 Å². The second-order valence-electron chi connectivity index (χ2n) is 1.92. The van der Waals surface area contributed by atoms with Gasteiger partial charge in [-0.3, -0.25) is 9.97 Å². The van der Waals surface area contributed by atoms with E-state index >= 15 is 0 Å². The van der Waals surface area contributed by atoms with Crippen LogP contribution in [0, 0.1) is 0 Å². The van der Waals surface area contributed by atoms with E-state index in [-0.39, 0.29) is 0 Å². The predicted octanol–water partition coefficient (Wildman–Crippen LogP) is -0.0340. The van der Waals surface area contributed by atoms with Crippen LogP contribution in [0.15, 0.2) is 28.7 Å². The fraction of sp³-hybridized carbons (Fsp3) is 0. The van der Waals surface area contributed by atoms with Crippen LogP contribution in [0.5, 0.6) is 0 Å². The minimum atomic E-state index is -1.41. The first-order valence-corrected chi connectivity index (χ1v) is 5.20. The van der Waals surface area contributed by atoms with E-state index in [1.165, 1.54) is 17.5 Å². The van der Waals surface area contributed by atoms with Crippen molar-refractivity contribution in [3.8, 4) is 0 Å². The highest BCUT2D eigenvalue weighted by molar-refractivity contribution is 7.19. The Labute approximate surface area is 83.7 Å². The number of aromatic nitrogens is 2. The number of thiazole rings is 2. The van der Waals surface area contributed by atoms with E-state index in [9.17, 15) is 0 Å². The first kappa shape index (κ1) is 10.3. The number of nitrogens with zero attached hydrogens (tertiary/aromatic N) is 2. The second kappa shape index (κ2) is 5.82. The maximum atomic E-state index is 8.42. The van der Waals surface area contributed by atoms with Crippen molar-refractivity contribution in [3.63, 3.8) is 0 Å². The van der Waals surface area contributed by atoms with Crippen molar-refractivity contribution in [2.75, 3.05) is 0 Å². The van der Waals surface area contributed by atoms with Gasteiger partial charge in [-0.05, 0) is 0 Å². The average Bonchev–Trinajstić information content (AvgIpc) is 2.82. The molecule has 7 heteroatoms. The monoisotopic (exact) mass is 214 g/mol. The van der Waals surface area contributed by atoms with Crippen LogP contribution in [-0.4, -0.2) is 27.1 Å². The van der Waals surface area contributed by atoms with Crippen molar-refractivity contribution in [3.05, 3.63) is 28.7 Å². The van der Waals surface area contributed by atoms with Crippen LogP contribution in [-0.2, 0) is 0 Å². The van der Waals surface area contributed by atoms with E-state index in [0.717, 1.165) is 0 Å². The summed E-state index contributed by atoms with van der Waals surface area (Å²) in [5, 5.41) is 20.5. The van der Waals surface area contributed by atoms with Crippen LogP contribution in [0.25, 0.3) is 0 Å². The zero-order valence-electron chi connectivity index (χ0n) is 6.57. The molecule has 0 bridgehead atoms. The van der Waals surface area contributed by atoms with E-state index in [1.807, 2.05) is 5.38 Å². The fourth-order valence-electron chi connectivity index (χ4n) is 0.538. The molecule has 0 aliphatic rings. The molecule has 0 atom stereocenters. The summed E-state index contributed by atoms with van der Waals surface area (Å²) < 4.78 is 0. The largest absolute Gasteiger partial charge is 0.519 e. The van der Waals surface area contributed by atoms with E-state index < -0.39 is 7.12 Å². The first-order valence-electron chi connectivity index (χ1n) is 3.38. The summed E-state index contributed by atoms with van der Waals surface area (Å²) in [4.78, 5) is 7.71. The highest BCUT2D eigenvalue weighted by Gasteiger charge is 2.12. The Hall–Kier alpha value is -0.755. The predicted molar refractivity (Wildman–Crippen MR) is 54.1 cm³/mol. The van der Waals surface area contributed by atoms with Gasteiger partial charge in [0.2, 0.25) is 0 Å². The number of hydrogen-bond donors (Lipinski definition) is 2. The summed E-state index contributed by atoms with van der Waals surface area (Å²) in [6.45, 7) is 0. The molecule has 2 aromatic heterocycles. The third-order valence-electron chi connectivity index (χ3n) is 1.02. The zero-order chi connectivity index (χ0) is 9.52. The van der Waals surface area contributed by atoms with E-state index in [1.54, 1.807) is 28.4 Å². The van der Waals surface area contributed by atoms with Crippen LogP contribution in [0.2, 0.25) is 0 Å². The van der Waals surface area contributed by atoms with Crippen molar-refractivity contribution in [2.45, 2.75) is 0 Å². The van der Waals surface area contributed by atoms with E-state index in [4.69, 9.17) is 10.0 Å². The van der Waals surface area contributed by atoms with Crippen LogP contribution in [0.1, 0.15) is 0 Å². The lowest BCUT2D eigenvalue weighted by Gasteiger charge is -1.85. The van der Waals surface area contributed by atoms with Crippen LogP contribution >= 0.6 is 22.7 Å². The summed E-state index contributed by atoms with van der Waals surface area (Å²) in [5.74, 6) is 0. The Kier molecular flexibility index (Phi) is 4.62. The van der Waals surface area contributed by atoms with Crippen molar-refractivity contribution in [2.24, 2.45) is 0 Å². The maximum Gasteiger partial charge on any atom is 0.519 e. The van der Waals surface area contributed by atoms with Gasteiger partial charge < -0.3 is 10.0 Å². The van der Waals surface area contributed by atoms with Crippen molar-refractivity contribution >= 4 is 34.7 Å². The van der Waals surface area contributed by atoms with Gasteiger partial charge in [-0.2, -0.15) is 0 Å². The molecule has 0 saturated carbocycles. The third-order valence-corrected chi connectivity index (χ3v) is 2.36. The average molecular weight is 214 g/mol. The SMILES string of the molecule is OB(O)c1nccs1.c1cscn1. The molecule has 2 N–H and O–H groups in total. The number of hydrogen-bond acceptors (Lipinski definition) is 6. The normalized spacial score (nSPS) is 8.77. The molecule has 2 aromatic rings. The summed E-state index contributed by atoms with van der Waals surface area (Å²) in [7, 11) is -1.41. The summed E-state index contributed by atoms with van der Waals surface area (Å²) in [6, 6.07) is 0. The molecule has 68 valence electrons. The van der Waals surface area contributed by atoms with E-state index in [2.05, 4.69) is 9.97 Å². The van der Waals surface area contributed by atoms with Gasteiger partial charge in [0.25, 0.3) is 0 Å². The molecule has 2 heterocycles. The van der Waals surface area contributed by atoms with Gasteiger partial charge >= 0.3 is 7.12 Å². The molecule has 0 aliphatic carbocycles. The Morgan fingerprint density at radius 2 is 2.08 bits per heavy atom. The van der Waals surface area contributed by atoms with Crippen LogP contribution in [0.4, 0.5) is 0 Å². The highest BCUT2D eigenvalue weighted by Crippen LogP contribution is 1.87. The minimum absolute atomic E-state index is 0.338. The molecule has 0 fully saturated rings. The van der Waals surface area contributed by atoms with Crippen molar-refractivity contribution in [1.82, 2.24) is 9.97 Å². The van der Waals surface area contributed by atoms with Gasteiger partial charge in [0, 0.05) is 23.2 Å². The Balaban J connectivity index is 0.000000145. The third kappa shape index (κ3) is 4.14. The molecular formula is C6H7BN2O2S2. The van der Waals surface area contributed by atoms with Gasteiger partial charge in [-0.25, -0.2) is 0 Å². The standard InChI is InChI=1S/C3H4BNO2S.C3H3NS/c6-4(7)3-5-1-2-8-3;1-2-5-3-4-1/h1-2,6-7H;1-3H. The number of rotatable bonds is 1. The molecule has 2 rings (SSSR count). The molecule has 0 aromatic carbocycles. The lowest BCUT2D eigenvalue weighted by molar-refractivity contribution is 0.425. The maximum absolute atomic E-state index is 8.42. The summed E-state index contributed by atoms with van der Waals surface area (Å²) in [6.07, 6.45) is 3.30. The van der Waals surface area contributed by atoms with Gasteiger partial charge in [0.1, 0.15) is 4.91 Å². The molecule has 0 radical (unpaired) electrons. The van der Waals surface area contributed by atoms with Crippen LogP contribution < -0.4 is 4.91 Å². The Bertz CT molecular complexity index is 281. The molecular weight excluding hydrogens is 207 g/mol. The van der Waals surface area contributed by atoms with E-state index in [0.29, 0.717) is 4.91 Å². The molecule has 0 spiro atoms. The quantitative estimate of drug-likeness (QED) is 0.654. The molecule has 0 aliphatic heterocycles. The topological polar surface area (TPSA) is 66.2 Å². The lowest BCUT2D eigenvalue weighted by atomic mass is 9.94. The van der Waals surface area contributed by atoms with Gasteiger partial charge in [0.15, 0.2) is 0 Å². The summed E-state index contributed by atoms with van der Waals surface area (Å²) >= 11 is 2.82. The van der Waals surface area contributed by atoms with Crippen molar-refractivity contribution < 1.29 is 10.0 Å². The molecule has 0 unspecified atom stereocenters. The Morgan fingerprint density at radius 1 is 1.23 bits per heavy atom. The van der Waals surface area contributed by atoms with Gasteiger partial charge in [-0.1, -0.05) is 0 Å². The smallest absolute Gasteiger partial charge is 0.422 e. The molecule has 0 saturated heterocycles. The first-order chi connectivity index (χ1) is 6.30. The zero-order valence-corrected chi connectivity index (χ0v) is 8.20. The molecule has 4 nitrogen and oxygen atoms in total. The lowest BCUT2D eigenvalue weighted by Crippen LogP contribution is -2.28. The molecule has 13 heavy (non-hydrogen) atoms. The van der Waals surface area contributed by atoms with Crippen molar-refractivity contribution in [1.29, 1.82) is 0 Å². The highest BCUT2D eigenvalue weighted by atomic mass is 32.1. The second-order valence-corrected chi connectivity index (χ2v) is 3.60. The molecule has 0 amide bonds. The van der Waals surface area contributed by atoms with Gasteiger partial charge in [0.05, 0.1) is 5.51 Å². The summed E-state index contributed by atoms with van der Waals surface area (Å²) in [5.41, 5.74) is 1.79. The minimum Gasteiger partial charge on any atom is -0.422 e. The fourth-order valence-corrected chi connectivity index (χ4v) is 1.39.